The van der Waals surface area contributed by atoms with Crippen LogP contribution in [0.3, 0.4) is 0 Å². The van der Waals surface area contributed by atoms with E-state index in [1.165, 1.54) is 11.1 Å². The minimum atomic E-state index is -0.328. The molecule has 0 aromatic heterocycles. The first-order valence-corrected chi connectivity index (χ1v) is 9.94. The summed E-state index contributed by atoms with van der Waals surface area (Å²) >= 11 is 0. The van der Waals surface area contributed by atoms with Crippen molar-refractivity contribution in [1.82, 2.24) is 4.90 Å². The van der Waals surface area contributed by atoms with Crippen LogP contribution in [0.4, 0.5) is 0 Å². The fourth-order valence-corrected chi connectivity index (χ4v) is 4.23. The number of nitrogens with zero attached hydrogens (tertiary/aromatic N) is 1. The number of cyclic esters (lactones) is 1. The molecule has 1 atom stereocenters. The van der Waals surface area contributed by atoms with Crippen molar-refractivity contribution in [3.05, 3.63) is 106 Å². The molecule has 0 spiro atoms. The minimum absolute atomic E-state index is 0.0116. The van der Waals surface area contributed by atoms with Gasteiger partial charge in [-0.1, -0.05) is 54.6 Å². The van der Waals surface area contributed by atoms with E-state index in [1.54, 1.807) is 12.1 Å². The number of hydrogen-bond acceptors (Lipinski definition) is 3. The standard InChI is InChI=1S/C25H21NO3/c27-24(26-13-12-17-6-4-5-9-20(17)16-26)19-10-11-22-21(14-19)15-23(29-25(22)28)18-7-2-1-3-8-18/h1-11,14,23H,12-13,15-16H2/t23-/m0/s1. The molecule has 0 saturated carbocycles. The van der Waals surface area contributed by atoms with E-state index in [4.69, 9.17) is 4.74 Å². The summed E-state index contributed by atoms with van der Waals surface area (Å²) in [6.45, 7) is 1.34. The zero-order valence-electron chi connectivity index (χ0n) is 16.0. The Morgan fingerprint density at radius 2 is 1.66 bits per heavy atom. The third-order valence-corrected chi connectivity index (χ3v) is 5.82. The summed E-state index contributed by atoms with van der Waals surface area (Å²) < 4.78 is 5.62. The van der Waals surface area contributed by atoms with Crippen molar-refractivity contribution < 1.29 is 14.3 Å². The maximum atomic E-state index is 13.1. The summed E-state index contributed by atoms with van der Waals surface area (Å²) in [6.07, 6.45) is 1.13. The van der Waals surface area contributed by atoms with Gasteiger partial charge in [0.05, 0.1) is 5.56 Å². The van der Waals surface area contributed by atoms with Crippen molar-refractivity contribution in [1.29, 1.82) is 0 Å². The van der Waals surface area contributed by atoms with Gasteiger partial charge in [-0.3, -0.25) is 4.79 Å². The van der Waals surface area contributed by atoms with E-state index in [0.717, 1.165) is 17.5 Å². The minimum Gasteiger partial charge on any atom is -0.454 e. The Morgan fingerprint density at radius 3 is 2.48 bits per heavy atom. The van der Waals surface area contributed by atoms with Crippen LogP contribution in [0.1, 0.15) is 49.1 Å². The monoisotopic (exact) mass is 383 g/mol. The van der Waals surface area contributed by atoms with Gasteiger partial charge in [-0.05, 0) is 46.9 Å². The SMILES string of the molecule is O=C1O[C@H](c2ccccc2)Cc2cc(C(=O)N3CCc4ccccc4C3)ccc21. The molecule has 5 rings (SSSR count). The molecule has 2 aliphatic rings. The first-order valence-electron chi connectivity index (χ1n) is 9.94. The van der Waals surface area contributed by atoms with Gasteiger partial charge >= 0.3 is 5.97 Å². The molecule has 3 aromatic rings. The number of rotatable bonds is 2. The highest BCUT2D eigenvalue weighted by atomic mass is 16.5. The van der Waals surface area contributed by atoms with Crippen LogP contribution in [0.5, 0.6) is 0 Å². The highest BCUT2D eigenvalue weighted by Crippen LogP contribution is 2.31. The molecular weight excluding hydrogens is 362 g/mol. The average Bonchev–Trinajstić information content (AvgIpc) is 2.78. The lowest BCUT2D eigenvalue weighted by molar-refractivity contribution is 0.0252. The highest BCUT2D eigenvalue weighted by Gasteiger charge is 2.29. The average molecular weight is 383 g/mol. The van der Waals surface area contributed by atoms with Crippen molar-refractivity contribution >= 4 is 11.9 Å². The largest absolute Gasteiger partial charge is 0.454 e. The van der Waals surface area contributed by atoms with Gasteiger partial charge in [0.1, 0.15) is 6.10 Å². The van der Waals surface area contributed by atoms with Gasteiger partial charge in [0.15, 0.2) is 0 Å². The lowest BCUT2D eigenvalue weighted by Crippen LogP contribution is -2.36. The lowest BCUT2D eigenvalue weighted by atomic mass is 9.92. The van der Waals surface area contributed by atoms with Crippen LogP contribution in [0.25, 0.3) is 0 Å². The number of carbonyl (C=O) groups excluding carboxylic acids is 2. The molecule has 0 bridgehead atoms. The second-order valence-corrected chi connectivity index (χ2v) is 7.63. The van der Waals surface area contributed by atoms with Crippen molar-refractivity contribution in [2.24, 2.45) is 0 Å². The second-order valence-electron chi connectivity index (χ2n) is 7.63. The van der Waals surface area contributed by atoms with E-state index < -0.39 is 0 Å². The third-order valence-electron chi connectivity index (χ3n) is 5.82. The number of hydrogen-bond donors (Lipinski definition) is 0. The summed E-state index contributed by atoms with van der Waals surface area (Å²) in [5, 5.41) is 0. The molecule has 29 heavy (non-hydrogen) atoms. The van der Waals surface area contributed by atoms with Gasteiger partial charge in [-0.15, -0.1) is 0 Å². The quantitative estimate of drug-likeness (QED) is 0.619. The van der Waals surface area contributed by atoms with Crippen LogP contribution in [0, 0.1) is 0 Å². The van der Waals surface area contributed by atoms with Gasteiger partial charge in [0.25, 0.3) is 5.91 Å². The molecular formula is C25H21NO3. The summed E-state index contributed by atoms with van der Waals surface area (Å²) in [5.41, 5.74) is 5.55. The lowest BCUT2D eigenvalue weighted by Gasteiger charge is -2.30. The molecule has 0 saturated heterocycles. The topological polar surface area (TPSA) is 46.6 Å². The number of ether oxygens (including phenoxy) is 1. The predicted molar refractivity (Wildman–Crippen MR) is 110 cm³/mol. The van der Waals surface area contributed by atoms with Crippen LogP contribution in [0.15, 0.2) is 72.8 Å². The number of carbonyl (C=O) groups is 2. The van der Waals surface area contributed by atoms with Crippen LogP contribution in [-0.2, 0) is 24.1 Å². The molecule has 2 aliphatic heterocycles. The molecule has 4 nitrogen and oxygen atoms in total. The van der Waals surface area contributed by atoms with Crippen LogP contribution in [-0.4, -0.2) is 23.3 Å². The Labute approximate surface area is 169 Å². The number of amides is 1. The summed E-state index contributed by atoms with van der Waals surface area (Å²) in [6, 6.07) is 23.3. The molecule has 4 heteroatoms. The zero-order chi connectivity index (χ0) is 19.8. The maximum Gasteiger partial charge on any atom is 0.339 e. The first kappa shape index (κ1) is 17.7. The molecule has 0 aliphatic carbocycles. The van der Waals surface area contributed by atoms with E-state index in [1.807, 2.05) is 53.4 Å². The fourth-order valence-electron chi connectivity index (χ4n) is 4.23. The van der Waals surface area contributed by atoms with E-state index in [9.17, 15) is 9.59 Å². The molecule has 0 fully saturated rings. The molecule has 2 heterocycles. The van der Waals surface area contributed by atoms with Gasteiger partial charge in [0.2, 0.25) is 0 Å². The maximum absolute atomic E-state index is 13.1. The third kappa shape index (κ3) is 3.31. The van der Waals surface area contributed by atoms with E-state index in [0.29, 0.717) is 30.6 Å². The van der Waals surface area contributed by atoms with Crippen LogP contribution < -0.4 is 0 Å². The number of benzene rings is 3. The number of esters is 1. The van der Waals surface area contributed by atoms with Crippen molar-refractivity contribution in [2.45, 2.75) is 25.5 Å². The molecule has 0 N–H and O–H groups in total. The second kappa shape index (κ2) is 7.21. The van der Waals surface area contributed by atoms with E-state index in [-0.39, 0.29) is 18.0 Å². The summed E-state index contributed by atoms with van der Waals surface area (Å²) in [4.78, 5) is 27.5. The molecule has 144 valence electrons. The Kier molecular flexibility index (Phi) is 4.39. The molecule has 3 aromatic carbocycles. The summed E-state index contributed by atoms with van der Waals surface area (Å²) in [7, 11) is 0. The summed E-state index contributed by atoms with van der Waals surface area (Å²) in [5.74, 6) is -0.316. The van der Waals surface area contributed by atoms with Gasteiger partial charge in [-0.2, -0.15) is 0 Å². The molecule has 0 radical (unpaired) electrons. The normalized spacial score (nSPS) is 17.9. The Bertz CT molecular complexity index is 1090. The van der Waals surface area contributed by atoms with Crippen LogP contribution >= 0.6 is 0 Å². The highest BCUT2D eigenvalue weighted by molar-refractivity contribution is 5.98. The van der Waals surface area contributed by atoms with Crippen molar-refractivity contribution in [2.75, 3.05) is 6.54 Å². The molecule has 0 unspecified atom stereocenters. The first-order chi connectivity index (χ1) is 14.2. The molecule has 1 amide bonds. The number of fused-ring (bicyclic) bond motifs is 2. The van der Waals surface area contributed by atoms with Gasteiger partial charge in [-0.25, -0.2) is 4.79 Å². The smallest absolute Gasteiger partial charge is 0.339 e. The zero-order valence-corrected chi connectivity index (χ0v) is 16.0. The van der Waals surface area contributed by atoms with Crippen LogP contribution in [0.2, 0.25) is 0 Å². The Balaban J connectivity index is 1.41. The Hall–Kier alpha value is -3.40. The van der Waals surface area contributed by atoms with E-state index in [2.05, 4.69) is 12.1 Å². The Morgan fingerprint density at radius 1 is 0.897 bits per heavy atom. The fraction of sp³-hybridized carbons (Fsp3) is 0.200. The van der Waals surface area contributed by atoms with Gasteiger partial charge < -0.3 is 9.64 Å². The van der Waals surface area contributed by atoms with Crippen molar-refractivity contribution in [3.63, 3.8) is 0 Å². The predicted octanol–water partition coefficient (Wildman–Crippen LogP) is 4.34. The van der Waals surface area contributed by atoms with Crippen molar-refractivity contribution in [3.8, 4) is 0 Å². The van der Waals surface area contributed by atoms with E-state index >= 15 is 0 Å². The van der Waals surface area contributed by atoms with Gasteiger partial charge in [0, 0.05) is 25.1 Å².